The predicted octanol–water partition coefficient (Wildman–Crippen LogP) is 2.93. The number of hydrogen-bond acceptors (Lipinski definition) is 5. The molecule has 9 heteroatoms. The second kappa shape index (κ2) is 10.1. The second-order valence-corrected chi connectivity index (χ2v) is 8.04. The summed E-state index contributed by atoms with van der Waals surface area (Å²) < 4.78 is 19.3. The summed E-state index contributed by atoms with van der Waals surface area (Å²) in [4.78, 5) is 22.0. The topological polar surface area (TPSA) is 57.7 Å². The molecule has 3 fully saturated rings. The second-order valence-electron chi connectivity index (χ2n) is 8.04. The maximum absolute atomic E-state index is 13.9. The molecule has 0 unspecified atom stereocenters. The molecule has 0 bridgehead atoms. The molecule has 1 aromatic heterocycles. The molecule has 5 rings (SSSR count). The van der Waals surface area contributed by atoms with Crippen LogP contribution < -0.4 is 10.2 Å². The molecule has 2 aromatic rings. The van der Waals surface area contributed by atoms with E-state index in [1.165, 1.54) is 6.07 Å². The van der Waals surface area contributed by atoms with E-state index in [0.29, 0.717) is 37.2 Å². The molecule has 31 heavy (non-hydrogen) atoms. The third kappa shape index (κ3) is 4.65. The number of nitrogens with one attached hydrogen (secondary N) is 1. The first-order chi connectivity index (χ1) is 14.2. The van der Waals surface area contributed by atoms with E-state index in [2.05, 4.69) is 15.2 Å². The van der Waals surface area contributed by atoms with E-state index < -0.39 is 0 Å². The van der Waals surface area contributed by atoms with Crippen LogP contribution in [0, 0.1) is 17.7 Å². The summed E-state index contributed by atoms with van der Waals surface area (Å²) in [5.74, 6) is 1.28. The Morgan fingerprint density at radius 1 is 1.13 bits per heavy atom. The molecule has 3 atom stereocenters. The number of fused-ring (bicyclic) bond motifs is 1. The van der Waals surface area contributed by atoms with Crippen LogP contribution in [-0.4, -0.2) is 61.7 Å². The fourth-order valence-electron chi connectivity index (χ4n) is 4.90. The van der Waals surface area contributed by atoms with Crippen molar-refractivity contribution in [2.45, 2.75) is 6.04 Å². The molecule has 1 N–H and O–H groups in total. The summed E-state index contributed by atoms with van der Waals surface area (Å²) in [5.41, 5.74) is 1.45. The number of aromatic nitrogens is 1. The highest BCUT2D eigenvalue weighted by Gasteiger charge is 2.47. The van der Waals surface area contributed by atoms with Gasteiger partial charge in [0.1, 0.15) is 11.6 Å². The van der Waals surface area contributed by atoms with Gasteiger partial charge in [-0.1, -0.05) is 12.1 Å². The summed E-state index contributed by atoms with van der Waals surface area (Å²) in [6.07, 6.45) is 1.67. The Morgan fingerprint density at radius 2 is 1.94 bits per heavy atom. The summed E-state index contributed by atoms with van der Waals surface area (Å²) in [5, 5.41) is 3.42. The van der Waals surface area contributed by atoms with Gasteiger partial charge in [0.15, 0.2) is 0 Å². The Bertz CT molecular complexity index is 895. The number of hydrogen-bond donors (Lipinski definition) is 1. The summed E-state index contributed by atoms with van der Waals surface area (Å²) >= 11 is 0. The summed E-state index contributed by atoms with van der Waals surface area (Å²) in [6.45, 7) is 5.45. The van der Waals surface area contributed by atoms with Crippen LogP contribution in [0.25, 0.3) is 0 Å². The third-order valence-corrected chi connectivity index (χ3v) is 6.35. The first-order valence-electron chi connectivity index (χ1n) is 10.3. The molecular weight excluding hydrogens is 442 g/mol. The van der Waals surface area contributed by atoms with Gasteiger partial charge in [0.2, 0.25) is 0 Å². The van der Waals surface area contributed by atoms with E-state index in [1.807, 2.05) is 23.1 Å². The highest BCUT2D eigenvalue weighted by molar-refractivity contribution is 5.94. The van der Waals surface area contributed by atoms with Gasteiger partial charge in [-0.05, 0) is 35.7 Å². The highest BCUT2D eigenvalue weighted by Crippen LogP contribution is 2.43. The van der Waals surface area contributed by atoms with Gasteiger partial charge in [-0.2, -0.15) is 0 Å². The molecule has 1 aromatic carbocycles. The number of morpholine rings is 1. The van der Waals surface area contributed by atoms with Gasteiger partial charge in [-0.15, -0.1) is 24.8 Å². The van der Waals surface area contributed by atoms with Gasteiger partial charge in [-0.25, -0.2) is 9.37 Å². The number of amides is 1. The van der Waals surface area contributed by atoms with E-state index in [0.717, 1.165) is 37.6 Å². The van der Waals surface area contributed by atoms with Crippen LogP contribution in [0.15, 0.2) is 42.6 Å². The molecule has 3 aliphatic rings. The van der Waals surface area contributed by atoms with Crippen molar-refractivity contribution < 1.29 is 13.9 Å². The van der Waals surface area contributed by atoms with Crippen LogP contribution in [0.1, 0.15) is 22.0 Å². The number of pyridine rings is 1. The first-order valence-corrected chi connectivity index (χ1v) is 10.3. The fraction of sp³-hybridized carbons (Fsp3) is 0.455. The number of carbonyl (C=O) groups excluding carboxylic acids is 1. The van der Waals surface area contributed by atoms with E-state index in [-0.39, 0.29) is 42.6 Å². The summed E-state index contributed by atoms with van der Waals surface area (Å²) in [7, 11) is 0. The maximum atomic E-state index is 13.9. The normalized spacial score (nSPS) is 24.9. The molecular formula is C22H27Cl2FN4O2. The van der Waals surface area contributed by atoms with Crippen molar-refractivity contribution in [3.05, 3.63) is 59.5 Å². The van der Waals surface area contributed by atoms with E-state index in [4.69, 9.17) is 4.74 Å². The average molecular weight is 469 g/mol. The Balaban J connectivity index is 0.00000136. The number of anilines is 1. The zero-order valence-corrected chi connectivity index (χ0v) is 18.7. The Morgan fingerprint density at radius 3 is 2.65 bits per heavy atom. The SMILES string of the molecule is Cl.Cl.O=C(c1ccc(N2CCOCC2)nc1)N1C[C@@H]2CNC[C@@H]2[C@H]1c1cccc(F)c1. The van der Waals surface area contributed by atoms with Gasteiger partial charge in [0.25, 0.3) is 5.91 Å². The lowest BCUT2D eigenvalue weighted by Gasteiger charge is -2.29. The maximum Gasteiger partial charge on any atom is 0.255 e. The van der Waals surface area contributed by atoms with Crippen molar-refractivity contribution in [1.29, 1.82) is 0 Å². The van der Waals surface area contributed by atoms with Crippen LogP contribution >= 0.6 is 24.8 Å². The number of ether oxygens (including phenoxy) is 1. The smallest absolute Gasteiger partial charge is 0.255 e. The molecule has 4 heterocycles. The summed E-state index contributed by atoms with van der Waals surface area (Å²) in [6, 6.07) is 10.3. The van der Waals surface area contributed by atoms with Gasteiger partial charge < -0.3 is 19.9 Å². The molecule has 0 aliphatic carbocycles. The van der Waals surface area contributed by atoms with Crippen molar-refractivity contribution in [2.24, 2.45) is 11.8 Å². The van der Waals surface area contributed by atoms with Gasteiger partial charge >= 0.3 is 0 Å². The lowest BCUT2D eigenvalue weighted by atomic mass is 9.89. The van der Waals surface area contributed by atoms with Crippen LogP contribution in [0.5, 0.6) is 0 Å². The van der Waals surface area contributed by atoms with E-state index in [9.17, 15) is 9.18 Å². The number of benzene rings is 1. The van der Waals surface area contributed by atoms with Crippen molar-refractivity contribution in [3.8, 4) is 0 Å². The molecule has 168 valence electrons. The Labute approximate surface area is 194 Å². The highest BCUT2D eigenvalue weighted by atomic mass is 35.5. The van der Waals surface area contributed by atoms with Gasteiger partial charge in [0, 0.05) is 44.8 Å². The quantitative estimate of drug-likeness (QED) is 0.750. The molecule has 3 aliphatic heterocycles. The van der Waals surface area contributed by atoms with Crippen molar-refractivity contribution >= 4 is 36.5 Å². The lowest BCUT2D eigenvalue weighted by molar-refractivity contribution is 0.0713. The van der Waals surface area contributed by atoms with E-state index in [1.54, 1.807) is 18.3 Å². The minimum atomic E-state index is -0.263. The standard InChI is InChI=1S/C22H25FN4O2.2ClH/c23-18-3-1-2-15(10-18)21-19-13-24-11-17(19)14-27(21)22(28)16-4-5-20(25-12-16)26-6-8-29-9-7-26;;/h1-5,10,12,17,19,21,24H,6-9,11,13-14H2;2*1H/t17-,19-,21+;;/m0../s1. The van der Waals surface area contributed by atoms with Gasteiger partial charge in [-0.3, -0.25) is 4.79 Å². The van der Waals surface area contributed by atoms with Crippen molar-refractivity contribution in [2.75, 3.05) is 50.8 Å². The fourth-order valence-corrected chi connectivity index (χ4v) is 4.90. The first kappa shape index (κ1) is 23.7. The number of rotatable bonds is 3. The lowest BCUT2D eigenvalue weighted by Crippen LogP contribution is -2.37. The minimum absolute atomic E-state index is 0. The molecule has 6 nitrogen and oxygen atoms in total. The van der Waals surface area contributed by atoms with Gasteiger partial charge in [0.05, 0.1) is 24.8 Å². The Hall–Kier alpha value is -1.93. The van der Waals surface area contributed by atoms with Crippen molar-refractivity contribution in [1.82, 2.24) is 15.2 Å². The monoisotopic (exact) mass is 468 g/mol. The molecule has 1 amide bonds. The molecule has 0 saturated carbocycles. The number of halogens is 3. The van der Waals surface area contributed by atoms with Crippen LogP contribution in [-0.2, 0) is 4.74 Å². The Kier molecular flexibility index (Phi) is 7.75. The van der Waals surface area contributed by atoms with Crippen molar-refractivity contribution in [3.63, 3.8) is 0 Å². The molecule has 0 spiro atoms. The predicted molar refractivity (Wildman–Crippen MR) is 122 cm³/mol. The minimum Gasteiger partial charge on any atom is -0.378 e. The zero-order chi connectivity index (χ0) is 19.8. The number of likely N-dealkylation sites (tertiary alicyclic amines) is 1. The van der Waals surface area contributed by atoms with E-state index >= 15 is 0 Å². The third-order valence-electron chi connectivity index (χ3n) is 6.35. The van der Waals surface area contributed by atoms with Crippen LogP contribution in [0.3, 0.4) is 0 Å². The average Bonchev–Trinajstić information content (AvgIpc) is 3.35. The largest absolute Gasteiger partial charge is 0.378 e. The van der Waals surface area contributed by atoms with Crippen LogP contribution in [0.2, 0.25) is 0 Å². The van der Waals surface area contributed by atoms with Crippen LogP contribution in [0.4, 0.5) is 10.2 Å². The zero-order valence-electron chi connectivity index (χ0n) is 17.1. The molecule has 0 radical (unpaired) electrons. The number of carbonyl (C=O) groups is 1. The number of nitrogens with zero attached hydrogens (tertiary/aromatic N) is 3. The molecule has 3 saturated heterocycles.